The van der Waals surface area contributed by atoms with E-state index in [4.69, 9.17) is 0 Å². The second-order valence-electron chi connectivity index (χ2n) is 2.52. The molecule has 0 saturated carbocycles. The lowest BCUT2D eigenvalue weighted by atomic mass is 10.4. The van der Waals surface area contributed by atoms with E-state index in [1.54, 1.807) is 6.08 Å². The third-order valence-corrected chi connectivity index (χ3v) is 1.28. The Balaban J connectivity index is 4.28. The van der Waals surface area contributed by atoms with Crippen molar-refractivity contribution < 1.29 is 9.81 Å². The van der Waals surface area contributed by atoms with Gasteiger partial charge in [0.1, 0.15) is 7.11 Å². The van der Waals surface area contributed by atoms with Crippen LogP contribution in [0.25, 0.3) is 0 Å². The van der Waals surface area contributed by atoms with E-state index in [2.05, 4.69) is 16.7 Å². The van der Waals surface area contributed by atoms with Crippen LogP contribution in [0.5, 0.6) is 0 Å². The largest absolute Gasteiger partial charge is 0.569 e. The second kappa shape index (κ2) is 5.40. The van der Waals surface area contributed by atoms with E-state index in [0.717, 1.165) is 0 Å². The van der Waals surface area contributed by atoms with Gasteiger partial charge >= 0.3 is 0 Å². The average Bonchev–Trinajstić information content (AvgIpc) is 1.99. The van der Waals surface area contributed by atoms with Crippen molar-refractivity contribution in [2.24, 2.45) is 5.28 Å². The van der Waals surface area contributed by atoms with Gasteiger partial charge in [0.15, 0.2) is 0 Å². The molecule has 0 saturated heterocycles. The number of hydrogen-bond acceptors (Lipinski definition) is 3. The van der Waals surface area contributed by atoms with Crippen molar-refractivity contribution in [2.75, 3.05) is 13.7 Å². The van der Waals surface area contributed by atoms with Crippen molar-refractivity contribution in [1.82, 2.24) is 5.01 Å². The molecule has 0 amide bonds. The molecule has 12 heavy (non-hydrogen) atoms. The van der Waals surface area contributed by atoms with Gasteiger partial charge in [0.25, 0.3) is 0 Å². The van der Waals surface area contributed by atoms with Gasteiger partial charge in [0.05, 0.1) is 17.6 Å². The summed E-state index contributed by atoms with van der Waals surface area (Å²) >= 11 is 0. The standard InChI is InChI=1S/C7H15N3O2/c1-5-6-9(7(2)3)10(11)8-12-4/h5,7H,1,6H2,2-4H3/b10-8-. The zero-order valence-electron chi connectivity index (χ0n) is 7.73. The van der Waals surface area contributed by atoms with E-state index < -0.39 is 0 Å². The van der Waals surface area contributed by atoms with E-state index in [9.17, 15) is 5.21 Å². The topological polar surface area (TPSA) is 50.9 Å². The highest BCUT2D eigenvalue weighted by Gasteiger charge is 2.14. The van der Waals surface area contributed by atoms with Crippen molar-refractivity contribution in [2.45, 2.75) is 19.9 Å². The molecule has 0 bridgehead atoms. The van der Waals surface area contributed by atoms with Crippen LogP contribution in [-0.4, -0.2) is 29.7 Å². The molecule has 0 aliphatic carbocycles. The SMILES string of the molecule is C=CCN(C(C)C)/[N+]([O-])=N/OC. The van der Waals surface area contributed by atoms with Crippen LogP contribution in [0.3, 0.4) is 0 Å². The molecule has 0 rings (SSSR count). The first-order valence-corrected chi connectivity index (χ1v) is 3.72. The molecule has 0 fully saturated rings. The summed E-state index contributed by atoms with van der Waals surface area (Å²) in [4.78, 5) is 4.77. The minimum Gasteiger partial charge on any atom is -0.569 e. The van der Waals surface area contributed by atoms with Gasteiger partial charge in [-0.05, 0) is 13.8 Å². The molecular formula is C7H15N3O2. The van der Waals surface area contributed by atoms with Crippen LogP contribution in [0.2, 0.25) is 0 Å². The lowest BCUT2D eigenvalue weighted by Gasteiger charge is -2.19. The summed E-state index contributed by atoms with van der Waals surface area (Å²) in [6.07, 6.45) is 1.64. The molecule has 0 radical (unpaired) electrons. The fourth-order valence-corrected chi connectivity index (χ4v) is 0.727. The number of hydrazine groups is 1. The molecular weight excluding hydrogens is 158 g/mol. The van der Waals surface area contributed by atoms with Gasteiger partial charge in [-0.25, -0.2) is 0 Å². The molecule has 0 unspecified atom stereocenters. The zero-order valence-corrected chi connectivity index (χ0v) is 7.73. The average molecular weight is 173 g/mol. The number of rotatable bonds is 5. The quantitative estimate of drug-likeness (QED) is 0.273. The van der Waals surface area contributed by atoms with Crippen LogP contribution in [0.4, 0.5) is 0 Å². The predicted molar refractivity (Wildman–Crippen MR) is 45.1 cm³/mol. The molecule has 0 aromatic rings. The van der Waals surface area contributed by atoms with Gasteiger partial charge in [-0.3, -0.25) is 0 Å². The summed E-state index contributed by atoms with van der Waals surface area (Å²) in [6, 6.07) is 0.0689. The minimum atomic E-state index is 0.0689. The van der Waals surface area contributed by atoms with Crippen molar-refractivity contribution in [3.63, 3.8) is 0 Å². The Morgan fingerprint density at radius 3 is 2.67 bits per heavy atom. The predicted octanol–water partition coefficient (Wildman–Crippen LogP) is 1.32. The van der Waals surface area contributed by atoms with Gasteiger partial charge in [0.2, 0.25) is 5.28 Å². The monoisotopic (exact) mass is 173 g/mol. The van der Waals surface area contributed by atoms with Gasteiger partial charge in [-0.15, -0.1) is 11.6 Å². The lowest BCUT2D eigenvalue weighted by molar-refractivity contribution is -0.714. The number of nitrogens with zero attached hydrogens (tertiary/aromatic N) is 3. The molecule has 0 atom stereocenters. The molecule has 0 aromatic heterocycles. The highest BCUT2D eigenvalue weighted by atomic mass is 16.7. The van der Waals surface area contributed by atoms with Crippen molar-refractivity contribution in [1.29, 1.82) is 0 Å². The van der Waals surface area contributed by atoms with E-state index in [1.165, 1.54) is 12.1 Å². The van der Waals surface area contributed by atoms with Gasteiger partial charge < -0.3 is 10.0 Å². The summed E-state index contributed by atoms with van der Waals surface area (Å²) in [5.74, 6) is 0. The van der Waals surface area contributed by atoms with Crippen molar-refractivity contribution in [3.8, 4) is 0 Å². The van der Waals surface area contributed by atoms with Crippen LogP contribution < -0.4 is 0 Å². The molecule has 0 heterocycles. The molecule has 5 heteroatoms. The Morgan fingerprint density at radius 2 is 2.33 bits per heavy atom. The van der Waals surface area contributed by atoms with Crippen LogP contribution in [0.15, 0.2) is 17.9 Å². The summed E-state index contributed by atoms with van der Waals surface area (Å²) < 4.78 is 0. The van der Waals surface area contributed by atoms with Crippen LogP contribution in [-0.2, 0) is 4.84 Å². The molecule has 0 aliphatic rings. The van der Waals surface area contributed by atoms with E-state index in [-0.39, 0.29) is 6.04 Å². The van der Waals surface area contributed by atoms with Crippen LogP contribution >= 0.6 is 0 Å². The molecule has 0 aromatic carbocycles. The first-order valence-electron chi connectivity index (χ1n) is 3.72. The van der Waals surface area contributed by atoms with Crippen LogP contribution in [0, 0.1) is 5.21 Å². The minimum absolute atomic E-state index is 0.0689. The first kappa shape index (κ1) is 10.7. The smallest absolute Gasteiger partial charge is 0.232 e. The lowest BCUT2D eigenvalue weighted by Crippen LogP contribution is -2.36. The second-order valence-corrected chi connectivity index (χ2v) is 2.52. The Bertz CT molecular complexity index is 168. The van der Waals surface area contributed by atoms with Crippen molar-refractivity contribution >= 4 is 0 Å². The third-order valence-electron chi connectivity index (χ3n) is 1.28. The normalized spacial score (nSPS) is 11.5. The summed E-state index contributed by atoms with van der Waals surface area (Å²) in [6.45, 7) is 7.77. The maximum absolute atomic E-state index is 11.1. The van der Waals surface area contributed by atoms with E-state index in [1.807, 2.05) is 13.8 Å². The number of hydrogen-bond donors (Lipinski definition) is 0. The highest BCUT2D eigenvalue weighted by molar-refractivity contribution is 4.70. The molecule has 0 spiro atoms. The maximum Gasteiger partial charge on any atom is 0.232 e. The zero-order chi connectivity index (χ0) is 9.56. The molecule has 70 valence electrons. The fourth-order valence-electron chi connectivity index (χ4n) is 0.727. The van der Waals surface area contributed by atoms with Gasteiger partial charge in [0, 0.05) is 0 Å². The van der Waals surface area contributed by atoms with E-state index >= 15 is 0 Å². The maximum atomic E-state index is 11.1. The van der Waals surface area contributed by atoms with Crippen molar-refractivity contribution in [3.05, 3.63) is 17.9 Å². The third kappa shape index (κ3) is 3.23. The summed E-state index contributed by atoms with van der Waals surface area (Å²) in [5, 5.41) is 15.8. The first-order chi connectivity index (χ1) is 5.63. The van der Waals surface area contributed by atoms with E-state index in [0.29, 0.717) is 11.5 Å². The van der Waals surface area contributed by atoms with Gasteiger partial charge in [-0.1, -0.05) is 6.08 Å². The highest BCUT2D eigenvalue weighted by Crippen LogP contribution is 1.98. The fraction of sp³-hybridized carbons (Fsp3) is 0.714. The Labute approximate surface area is 72.4 Å². The Kier molecular flexibility index (Phi) is 4.83. The Morgan fingerprint density at radius 1 is 1.75 bits per heavy atom. The molecule has 0 N–H and O–H groups in total. The van der Waals surface area contributed by atoms with Gasteiger partial charge in [-0.2, -0.15) is 0 Å². The molecule has 0 aliphatic heterocycles. The summed E-state index contributed by atoms with van der Waals surface area (Å²) in [7, 11) is 1.33. The summed E-state index contributed by atoms with van der Waals surface area (Å²) in [5.41, 5.74) is 0. The Hall–Kier alpha value is -1.26. The van der Waals surface area contributed by atoms with Crippen LogP contribution in [0.1, 0.15) is 13.8 Å². The molecule has 5 nitrogen and oxygen atoms in total.